The van der Waals surface area contributed by atoms with Crippen LogP contribution in [0.2, 0.25) is 0 Å². The van der Waals surface area contributed by atoms with E-state index in [-0.39, 0.29) is 12.1 Å². The fourth-order valence-corrected chi connectivity index (χ4v) is 3.16. The Hall–Kier alpha value is -1.87. The molecule has 1 heterocycles. The Morgan fingerprint density at radius 3 is 2.74 bits per heavy atom. The van der Waals surface area contributed by atoms with Gasteiger partial charge in [0.1, 0.15) is 0 Å². The van der Waals surface area contributed by atoms with E-state index in [0.29, 0.717) is 5.56 Å². The second kappa shape index (κ2) is 4.67. The minimum Gasteiger partial charge on any atom is -0.459 e. The molecule has 0 N–H and O–H groups in total. The van der Waals surface area contributed by atoms with Crippen LogP contribution in [-0.2, 0) is 4.74 Å². The first-order valence-corrected chi connectivity index (χ1v) is 7.14. The maximum atomic E-state index is 12.2. The molecule has 0 saturated heterocycles. The van der Waals surface area contributed by atoms with E-state index in [1.54, 1.807) is 11.3 Å². The van der Waals surface area contributed by atoms with Crippen molar-refractivity contribution in [2.24, 2.45) is 0 Å². The van der Waals surface area contributed by atoms with Crippen LogP contribution >= 0.6 is 11.3 Å². The minimum atomic E-state index is -0.242. The lowest BCUT2D eigenvalue weighted by molar-refractivity contribution is 0.0380. The Morgan fingerprint density at radius 2 is 1.95 bits per heavy atom. The first kappa shape index (κ1) is 12.2. The molecule has 2 aromatic carbocycles. The highest BCUT2D eigenvalue weighted by atomic mass is 32.1. The van der Waals surface area contributed by atoms with Gasteiger partial charge in [-0.05, 0) is 42.1 Å². The molecule has 0 radical (unpaired) electrons. The number of ether oxygens (including phenoxy) is 1. The number of hydrogen-bond donors (Lipinski definition) is 0. The molecule has 0 unspecified atom stereocenters. The van der Waals surface area contributed by atoms with Crippen LogP contribution in [-0.4, -0.2) is 12.1 Å². The lowest BCUT2D eigenvalue weighted by Crippen LogP contribution is -2.11. The van der Waals surface area contributed by atoms with Gasteiger partial charge < -0.3 is 4.74 Å². The lowest BCUT2D eigenvalue weighted by Gasteiger charge is -2.10. The first-order valence-electron chi connectivity index (χ1n) is 6.27. The normalized spacial score (nSPS) is 11.3. The molecule has 0 spiro atoms. The summed E-state index contributed by atoms with van der Waals surface area (Å²) < 4.78 is 6.33. The summed E-state index contributed by atoms with van der Waals surface area (Å²) in [5, 5.41) is 5.39. The maximum absolute atomic E-state index is 12.2. The molecule has 2 nitrogen and oxygen atoms in total. The molecule has 0 bridgehead atoms. The molecule has 19 heavy (non-hydrogen) atoms. The van der Waals surface area contributed by atoms with Crippen LogP contribution in [0.1, 0.15) is 24.2 Å². The smallest absolute Gasteiger partial charge is 0.339 e. The molecule has 3 rings (SSSR count). The van der Waals surface area contributed by atoms with Crippen molar-refractivity contribution in [3.05, 3.63) is 47.3 Å². The Kier molecular flexibility index (Phi) is 2.99. The third kappa shape index (κ3) is 2.10. The molecule has 0 aliphatic heterocycles. The molecule has 0 amide bonds. The number of rotatable bonds is 2. The van der Waals surface area contributed by atoms with Gasteiger partial charge in [-0.15, -0.1) is 11.3 Å². The number of carbonyl (C=O) groups excluding carboxylic acids is 1. The van der Waals surface area contributed by atoms with Crippen LogP contribution in [0.4, 0.5) is 0 Å². The maximum Gasteiger partial charge on any atom is 0.339 e. The Bertz CT molecular complexity index is 756. The number of fused-ring (bicyclic) bond motifs is 3. The molecular weight excluding hydrogens is 256 g/mol. The van der Waals surface area contributed by atoms with Crippen LogP contribution in [0.3, 0.4) is 0 Å². The molecule has 0 aliphatic carbocycles. The van der Waals surface area contributed by atoms with Crippen molar-refractivity contribution in [1.29, 1.82) is 0 Å². The summed E-state index contributed by atoms with van der Waals surface area (Å²) >= 11 is 1.58. The molecule has 0 saturated carbocycles. The van der Waals surface area contributed by atoms with Crippen molar-refractivity contribution in [3.63, 3.8) is 0 Å². The van der Waals surface area contributed by atoms with Gasteiger partial charge in [-0.25, -0.2) is 4.79 Å². The van der Waals surface area contributed by atoms with E-state index in [1.807, 2.05) is 43.5 Å². The van der Waals surface area contributed by atoms with E-state index < -0.39 is 0 Å². The zero-order chi connectivity index (χ0) is 13.4. The Morgan fingerprint density at radius 1 is 1.16 bits per heavy atom. The Balaban J connectivity index is 2.27. The largest absolute Gasteiger partial charge is 0.459 e. The van der Waals surface area contributed by atoms with E-state index in [9.17, 15) is 4.79 Å². The van der Waals surface area contributed by atoms with E-state index in [2.05, 4.69) is 12.1 Å². The van der Waals surface area contributed by atoms with E-state index in [4.69, 9.17) is 4.74 Å². The highest BCUT2D eigenvalue weighted by Crippen LogP contribution is 2.33. The second-order valence-corrected chi connectivity index (χ2v) is 5.68. The average Bonchev–Trinajstić information content (AvgIpc) is 2.86. The predicted molar refractivity (Wildman–Crippen MR) is 79.9 cm³/mol. The van der Waals surface area contributed by atoms with Crippen molar-refractivity contribution in [2.45, 2.75) is 20.0 Å². The summed E-state index contributed by atoms with van der Waals surface area (Å²) in [6, 6.07) is 12.1. The van der Waals surface area contributed by atoms with Gasteiger partial charge in [0, 0.05) is 10.1 Å². The minimum absolute atomic E-state index is 0.103. The lowest BCUT2D eigenvalue weighted by atomic mass is 10.0. The molecule has 96 valence electrons. The van der Waals surface area contributed by atoms with Crippen LogP contribution in [0.5, 0.6) is 0 Å². The van der Waals surface area contributed by atoms with Crippen LogP contribution in [0.25, 0.3) is 20.9 Å². The number of benzene rings is 2. The molecule has 0 aliphatic rings. The number of thiophene rings is 1. The number of hydrogen-bond acceptors (Lipinski definition) is 3. The third-order valence-corrected chi connectivity index (χ3v) is 3.97. The van der Waals surface area contributed by atoms with Gasteiger partial charge in [-0.1, -0.05) is 24.3 Å². The van der Waals surface area contributed by atoms with Gasteiger partial charge in [0.25, 0.3) is 0 Å². The summed E-state index contributed by atoms with van der Waals surface area (Å²) in [5.74, 6) is -0.242. The highest BCUT2D eigenvalue weighted by molar-refractivity contribution is 7.17. The van der Waals surface area contributed by atoms with Crippen molar-refractivity contribution in [1.82, 2.24) is 0 Å². The van der Waals surface area contributed by atoms with E-state index in [1.165, 1.54) is 5.39 Å². The highest BCUT2D eigenvalue weighted by Gasteiger charge is 2.16. The van der Waals surface area contributed by atoms with E-state index in [0.717, 1.165) is 15.5 Å². The predicted octanol–water partition coefficient (Wildman–Crippen LogP) is 4.62. The number of esters is 1. The fraction of sp³-hybridized carbons (Fsp3) is 0.188. The number of carbonyl (C=O) groups is 1. The molecule has 3 aromatic rings. The zero-order valence-corrected chi connectivity index (χ0v) is 11.7. The Labute approximate surface area is 115 Å². The summed E-state index contributed by atoms with van der Waals surface area (Å²) in [7, 11) is 0. The van der Waals surface area contributed by atoms with Gasteiger partial charge in [0.05, 0.1) is 11.7 Å². The van der Waals surface area contributed by atoms with Gasteiger partial charge in [0.15, 0.2) is 0 Å². The van der Waals surface area contributed by atoms with Gasteiger partial charge in [0.2, 0.25) is 0 Å². The molecule has 1 aromatic heterocycles. The van der Waals surface area contributed by atoms with Crippen LogP contribution in [0.15, 0.2) is 41.8 Å². The standard InChI is InChI=1S/C16H14O2S/c1-10(2)18-16(17)14-9-11-5-3-4-6-12(11)13-7-8-19-15(13)14/h3-10H,1-2H3. The molecule has 0 atom stereocenters. The third-order valence-electron chi connectivity index (χ3n) is 3.02. The summed E-state index contributed by atoms with van der Waals surface area (Å²) in [6.07, 6.45) is -0.103. The summed E-state index contributed by atoms with van der Waals surface area (Å²) in [4.78, 5) is 12.2. The zero-order valence-electron chi connectivity index (χ0n) is 10.8. The van der Waals surface area contributed by atoms with Crippen molar-refractivity contribution in [2.75, 3.05) is 0 Å². The fourth-order valence-electron chi connectivity index (χ4n) is 2.25. The second-order valence-electron chi connectivity index (χ2n) is 4.76. The molecule has 3 heteroatoms. The first-order chi connectivity index (χ1) is 9.16. The van der Waals surface area contributed by atoms with Crippen molar-refractivity contribution >= 4 is 38.2 Å². The van der Waals surface area contributed by atoms with Crippen LogP contribution in [0, 0.1) is 0 Å². The summed E-state index contributed by atoms with van der Waals surface area (Å²) in [5.41, 5.74) is 0.664. The summed E-state index contributed by atoms with van der Waals surface area (Å²) in [6.45, 7) is 3.73. The topological polar surface area (TPSA) is 26.3 Å². The monoisotopic (exact) mass is 270 g/mol. The van der Waals surface area contributed by atoms with Gasteiger partial charge >= 0.3 is 5.97 Å². The van der Waals surface area contributed by atoms with Crippen molar-refractivity contribution < 1.29 is 9.53 Å². The van der Waals surface area contributed by atoms with Gasteiger partial charge in [-0.3, -0.25) is 0 Å². The SMILES string of the molecule is CC(C)OC(=O)c1cc2ccccc2c2ccsc12. The van der Waals surface area contributed by atoms with Crippen LogP contribution < -0.4 is 0 Å². The van der Waals surface area contributed by atoms with Crippen molar-refractivity contribution in [3.8, 4) is 0 Å². The quantitative estimate of drug-likeness (QED) is 0.635. The molecular formula is C16H14O2S. The average molecular weight is 270 g/mol. The van der Waals surface area contributed by atoms with Gasteiger partial charge in [-0.2, -0.15) is 0 Å². The molecule has 0 fully saturated rings. The van der Waals surface area contributed by atoms with E-state index >= 15 is 0 Å².